The third kappa shape index (κ3) is 6.28. The lowest BCUT2D eigenvalue weighted by molar-refractivity contribution is -0.116. The minimum absolute atomic E-state index is 0.0550. The van der Waals surface area contributed by atoms with E-state index in [-0.39, 0.29) is 5.91 Å². The molecular formula is C25H27NOS. The number of nitrogens with one attached hydrogen (secondary N) is 1. The first kappa shape index (κ1) is 20.2. The van der Waals surface area contributed by atoms with E-state index in [1.54, 1.807) is 0 Å². The van der Waals surface area contributed by atoms with Crippen LogP contribution in [0.15, 0.2) is 83.8 Å². The molecule has 0 aliphatic heterocycles. The maximum atomic E-state index is 12.2. The molecule has 3 aromatic rings. The Morgan fingerprint density at radius 1 is 0.857 bits per heavy atom. The molecule has 3 heteroatoms. The third-order valence-corrected chi connectivity index (χ3v) is 5.76. The number of thioether (sulfide) groups is 1. The predicted octanol–water partition coefficient (Wildman–Crippen LogP) is 6.67. The number of hydrogen-bond acceptors (Lipinski definition) is 2. The van der Waals surface area contributed by atoms with Crippen molar-refractivity contribution in [2.75, 3.05) is 5.32 Å². The summed E-state index contributed by atoms with van der Waals surface area (Å²) in [5.41, 5.74) is 4.64. The number of anilines is 1. The summed E-state index contributed by atoms with van der Waals surface area (Å²) in [6, 6.07) is 27.1. The van der Waals surface area contributed by atoms with Gasteiger partial charge in [-0.15, -0.1) is 11.8 Å². The topological polar surface area (TPSA) is 29.1 Å². The van der Waals surface area contributed by atoms with Gasteiger partial charge in [0, 0.05) is 22.8 Å². The van der Waals surface area contributed by atoms with Gasteiger partial charge >= 0.3 is 0 Å². The van der Waals surface area contributed by atoms with Crippen molar-refractivity contribution >= 4 is 23.4 Å². The molecule has 3 aromatic carbocycles. The quantitative estimate of drug-likeness (QED) is 0.436. The lowest BCUT2D eigenvalue weighted by atomic mass is 10.0. The standard InChI is InChI=1S/C25H27NOS/c1-19(2)22-13-8-20(9-14-22)12-17-25(27)26-23-15-10-21(11-16-23)18-28-24-6-4-3-5-7-24/h3-11,13-16,19H,12,17-18H2,1-2H3,(H,26,27). The number of benzene rings is 3. The summed E-state index contributed by atoms with van der Waals surface area (Å²) in [6.07, 6.45) is 1.25. The minimum atomic E-state index is 0.0550. The molecule has 0 saturated carbocycles. The average Bonchev–Trinajstić information content (AvgIpc) is 2.73. The number of rotatable bonds is 8. The van der Waals surface area contributed by atoms with E-state index in [0.29, 0.717) is 12.3 Å². The highest BCUT2D eigenvalue weighted by Crippen LogP contribution is 2.23. The molecule has 0 saturated heterocycles. The van der Waals surface area contributed by atoms with Crippen LogP contribution in [0, 0.1) is 0 Å². The molecule has 0 aliphatic rings. The second kappa shape index (κ2) is 10.1. The van der Waals surface area contributed by atoms with Crippen molar-refractivity contribution in [3.05, 3.63) is 95.6 Å². The van der Waals surface area contributed by atoms with Crippen LogP contribution in [-0.2, 0) is 17.0 Å². The highest BCUT2D eigenvalue weighted by Gasteiger charge is 2.05. The van der Waals surface area contributed by atoms with Crippen molar-refractivity contribution in [1.82, 2.24) is 0 Å². The number of aryl methyl sites for hydroxylation is 1. The Bertz CT molecular complexity index is 871. The van der Waals surface area contributed by atoms with E-state index in [4.69, 9.17) is 0 Å². The fourth-order valence-corrected chi connectivity index (χ4v) is 3.79. The molecule has 0 heterocycles. The molecule has 3 rings (SSSR count). The fraction of sp³-hybridized carbons (Fsp3) is 0.240. The monoisotopic (exact) mass is 389 g/mol. The molecule has 1 amide bonds. The van der Waals surface area contributed by atoms with E-state index in [1.165, 1.54) is 21.6 Å². The highest BCUT2D eigenvalue weighted by molar-refractivity contribution is 7.98. The normalized spacial score (nSPS) is 10.8. The molecule has 0 atom stereocenters. The molecule has 0 radical (unpaired) electrons. The fourth-order valence-electron chi connectivity index (χ4n) is 2.92. The number of carbonyl (C=O) groups excluding carboxylic acids is 1. The summed E-state index contributed by atoms with van der Waals surface area (Å²) in [4.78, 5) is 13.5. The summed E-state index contributed by atoms with van der Waals surface area (Å²) < 4.78 is 0. The van der Waals surface area contributed by atoms with E-state index in [0.717, 1.165) is 17.9 Å². The molecule has 28 heavy (non-hydrogen) atoms. The maximum Gasteiger partial charge on any atom is 0.224 e. The summed E-state index contributed by atoms with van der Waals surface area (Å²) in [5.74, 6) is 1.51. The molecule has 1 N–H and O–H groups in total. The molecule has 144 valence electrons. The van der Waals surface area contributed by atoms with Gasteiger partial charge in [-0.1, -0.05) is 68.4 Å². The van der Waals surface area contributed by atoms with Gasteiger partial charge in [0.1, 0.15) is 0 Å². The number of hydrogen-bond donors (Lipinski definition) is 1. The lowest BCUT2D eigenvalue weighted by Crippen LogP contribution is -2.12. The Kier molecular flexibility index (Phi) is 7.32. The molecule has 0 spiro atoms. The average molecular weight is 390 g/mol. The molecule has 2 nitrogen and oxygen atoms in total. The van der Waals surface area contributed by atoms with E-state index >= 15 is 0 Å². The van der Waals surface area contributed by atoms with Gasteiger partial charge in [0.15, 0.2) is 0 Å². The van der Waals surface area contributed by atoms with Gasteiger partial charge in [-0.05, 0) is 53.3 Å². The van der Waals surface area contributed by atoms with E-state index in [1.807, 2.05) is 30.0 Å². The summed E-state index contributed by atoms with van der Waals surface area (Å²) >= 11 is 1.81. The molecule has 0 bridgehead atoms. The SMILES string of the molecule is CC(C)c1ccc(CCC(=O)Nc2ccc(CSc3ccccc3)cc2)cc1. The molecule has 0 fully saturated rings. The maximum absolute atomic E-state index is 12.2. The highest BCUT2D eigenvalue weighted by atomic mass is 32.2. The lowest BCUT2D eigenvalue weighted by Gasteiger charge is -2.08. The predicted molar refractivity (Wildman–Crippen MR) is 120 cm³/mol. The zero-order chi connectivity index (χ0) is 19.8. The molecule has 0 aliphatic carbocycles. The van der Waals surface area contributed by atoms with Gasteiger partial charge in [-0.2, -0.15) is 0 Å². The van der Waals surface area contributed by atoms with Gasteiger partial charge in [0.05, 0.1) is 0 Å². The van der Waals surface area contributed by atoms with Crippen molar-refractivity contribution in [3.8, 4) is 0 Å². The van der Waals surface area contributed by atoms with Crippen LogP contribution in [0.2, 0.25) is 0 Å². The van der Waals surface area contributed by atoms with Crippen molar-refractivity contribution in [2.24, 2.45) is 0 Å². The van der Waals surface area contributed by atoms with Gasteiger partial charge in [0.2, 0.25) is 5.91 Å². The third-order valence-electron chi connectivity index (χ3n) is 4.67. The summed E-state index contributed by atoms with van der Waals surface area (Å²) in [7, 11) is 0. The summed E-state index contributed by atoms with van der Waals surface area (Å²) in [6.45, 7) is 4.38. The zero-order valence-corrected chi connectivity index (χ0v) is 17.3. The van der Waals surface area contributed by atoms with Crippen molar-refractivity contribution in [2.45, 2.75) is 43.3 Å². The van der Waals surface area contributed by atoms with Gasteiger partial charge < -0.3 is 5.32 Å². The number of carbonyl (C=O) groups is 1. The van der Waals surface area contributed by atoms with Crippen LogP contribution in [0.4, 0.5) is 5.69 Å². The second-order valence-corrected chi connectivity index (χ2v) is 8.29. The number of amides is 1. The van der Waals surface area contributed by atoms with Gasteiger partial charge in [0.25, 0.3) is 0 Å². The van der Waals surface area contributed by atoms with Gasteiger partial charge in [-0.25, -0.2) is 0 Å². The Morgan fingerprint density at radius 2 is 1.50 bits per heavy atom. The van der Waals surface area contributed by atoms with E-state index in [2.05, 4.69) is 79.8 Å². The van der Waals surface area contributed by atoms with Crippen molar-refractivity contribution in [3.63, 3.8) is 0 Å². The first-order valence-corrected chi connectivity index (χ1v) is 10.7. The van der Waals surface area contributed by atoms with Crippen LogP contribution in [-0.4, -0.2) is 5.91 Å². The van der Waals surface area contributed by atoms with Crippen LogP contribution in [0.1, 0.15) is 42.9 Å². The van der Waals surface area contributed by atoms with E-state index in [9.17, 15) is 4.79 Å². The largest absolute Gasteiger partial charge is 0.326 e. The van der Waals surface area contributed by atoms with Crippen LogP contribution in [0.25, 0.3) is 0 Å². The van der Waals surface area contributed by atoms with Crippen molar-refractivity contribution < 1.29 is 4.79 Å². The first-order chi connectivity index (χ1) is 13.6. The second-order valence-electron chi connectivity index (χ2n) is 7.24. The minimum Gasteiger partial charge on any atom is -0.326 e. The van der Waals surface area contributed by atoms with Gasteiger partial charge in [-0.3, -0.25) is 4.79 Å². The summed E-state index contributed by atoms with van der Waals surface area (Å²) in [5, 5.41) is 3.00. The zero-order valence-electron chi connectivity index (χ0n) is 16.5. The van der Waals surface area contributed by atoms with Crippen LogP contribution < -0.4 is 5.32 Å². The van der Waals surface area contributed by atoms with E-state index < -0.39 is 0 Å². The molecule has 0 unspecified atom stereocenters. The first-order valence-electron chi connectivity index (χ1n) is 9.75. The smallest absolute Gasteiger partial charge is 0.224 e. The Morgan fingerprint density at radius 3 is 2.14 bits per heavy atom. The molecular weight excluding hydrogens is 362 g/mol. The Balaban J connectivity index is 1.45. The van der Waals surface area contributed by atoms with Crippen LogP contribution in [0.3, 0.4) is 0 Å². The van der Waals surface area contributed by atoms with Crippen LogP contribution >= 0.6 is 11.8 Å². The Labute approximate surface area is 172 Å². The van der Waals surface area contributed by atoms with Crippen LogP contribution in [0.5, 0.6) is 0 Å². The van der Waals surface area contributed by atoms with Crippen molar-refractivity contribution in [1.29, 1.82) is 0 Å². The molecule has 0 aromatic heterocycles. The Hall–Kier alpha value is -2.52.